The number of unbranched alkanes of at least 4 members (excludes halogenated alkanes) is 2. The third-order valence-corrected chi connectivity index (χ3v) is 6.91. The maximum absolute atomic E-state index is 12.9. The Labute approximate surface area is 250 Å². The minimum absolute atomic E-state index is 0.126. The van der Waals surface area contributed by atoms with E-state index in [4.69, 9.17) is 18.9 Å². The van der Waals surface area contributed by atoms with Gasteiger partial charge < -0.3 is 34.7 Å². The van der Waals surface area contributed by atoms with Crippen LogP contribution in [0.2, 0.25) is 0 Å². The number of hydrogen-bond acceptors (Lipinski definition) is 11. The van der Waals surface area contributed by atoms with Crippen molar-refractivity contribution in [3.8, 4) is 11.5 Å². The first-order chi connectivity index (χ1) is 20.7. The monoisotopic (exact) mass is 597 g/mol. The Kier molecular flexibility index (Phi) is 12.5. The van der Waals surface area contributed by atoms with E-state index in [0.29, 0.717) is 49.0 Å². The molecule has 0 saturated heterocycles. The molecule has 12 nitrogen and oxygen atoms in total. The zero-order valence-corrected chi connectivity index (χ0v) is 24.9. The molecule has 0 fully saturated rings. The summed E-state index contributed by atoms with van der Waals surface area (Å²) in [7, 11) is 2.45. The third kappa shape index (κ3) is 9.03. The number of rotatable bonds is 16. The van der Waals surface area contributed by atoms with Crippen LogP contribution in [0.5, 0.6) is 11.5 Å². The van der Waals surface area contributed by atoms with Gasteiger partial charge >= 0.3 is 11.9 Å². The minimum Gasteiger partial charge on any atom is -0.493 e. The van der Waals surface area contributed by atoms with Crippen molar-refractivity contribution >= 4 is 17.6 Å². The zero-order valence-electron chi connectivity index (χ0n) is 24.9. The highest BCUT2D eigenvalue weighted by molar-refractivity contribution is 6.00. The van der Waals surface area contributed by atoms with Crippen molar-refractivity contribution in [2.45, 2.75) is 45.1 Å². The lowest BCUT2D eigenvalue weighted by molar-refractivity contribution is -0.384. The van der Waals surface area contributed by atoms with E-state index in [-0.39, 0.29) is 29.0 Å². The fourth-order valence-corrected chi connectivity index (χ4v) is 4.82. The molecular weight excluding hydrogens is 558 g/mol. The molecule has 3 rings (SSSR count). The molecule has 1 aliphatic rings. The predicted molar refractivity (Wildman–Crippen MR) is 159 cm³/mol. The Hall–Kier alpha value is -4.42. The molecule has 43 heavy (non-hydrogen) atoms. The number of nitrogens with one attached hydrogen (secondary N) is 2. The van der Waals surface area contributed by atoms with Gasteiger partial charge in [0.25, 0.3) is 5.69 Å². The number of aliphatic hydroxyl groups excluding tert-OH is 1. The average Bonchev–Trinajstić information content (AvgIpc) is 3.00. The number of nitro benzene ring substituents is 1. The molecule has 1 atom stereocenters. The van der Waals surface area contributed by atoms with Gasteiger partial charge in [-0.1, -0.05) is 18.2 Å². The van der Waals surface area contributed by atoms with Gasteiger partial charge in [0.05, 0.1) is 42.8 Å². The number of non-ortho nitro benzene ring substituents is 1. The lowest BCUT2D eigenvalue weighted by Gasteiger charge is -2.30. The second-order valence-electron chi connectivity index (χ2n) is 9.99. The molecular formula is C31H39N3O9. The molecule has 1 aliphatic heterocycles. The van der Waals surface area contributed by atoms with Crippen molar-refractivity contribution in [3.05, 3.63) is 86.7 Å². The van der Waals surface area contributed by atoms with Crippen molar-refractivity contribution in [2.75, 3.05) is 40.5 Å². The van der Waals surface area contributed by atoms with Crippen LogP contribution in [0, 0.1) is 10.1 Å². The Morgan fingerprint density at radius 3 is 2.23 bits per heavy atom. The van der Waals surface area contributed by atoms with Gasteiger partial charge in [-0.15, -0.1) is 0 Å². The number of nitrogens with zero attached hydrogens (tertiary/aromatic N) is 1. The quantitative estimate of drug-likeness (QED) is 0.112. The molecule has 0 radical (unpaired) electrons. The summed E-state index contributed by atoms with van der Waals surface area (Å²) >= 11 is 0. The summed E-state index contributed by atoms with van der Waals surface area (Å²) in [4.78, 5) is 36.9. The van der Waals surface area contributed by atoms with Gasteiger partial charge in [0, 0.05) is 35.6 Å². The summed E-state index contributed by atoms with van der Waals surface area (Å²) in [5, 5.41) is 28.0. The number of nitro groups is 1. The third-order valence-electron chi connectivity index (χ3n) is 6.91. The molecule has 1 unspecified atom stereocenters. The van der Waals surface area contributed by atoms with Crippen molar-refractivity contribution in [2.24, 2.45) is 0 Å². The molecule has 0 spiro atoms. The molecule has 0 saturated carbocycles. The van der Waals surface area contributed by atoms with Crippen LogP contribution in [0.3, 0.4) is 0 Å². The number of dihydropyridines is 1. The first kappa shape index (κ1) is 33.1. The number of benzene rings is 2. The van der Waals surface area contributed by atoms with Crippen molar-refractivity contribution in [1.82, 2.24) is 10.6 Å². The van der Waals surface area contributed by atoms with Crippen molar-refractivity contribution < 1.29 is 38.6 Å². The Morgan fingerprint density at radius 1 is 0.977 bits per heavy atom. The fourth-order valence-electron chi connectivity index (χ4n) is 4.82. The summed E-state index contributed by atoms with van der Waals surface area (Å²) in [5.41, 5.74) is 1.21. The first-order valence-electron chi connectivity index (χ1n) is 14.0. The lowest BCUT2D eigenvalue weighted by atomic mass is 9.80. The van der Waals surface area contributed by atoms with Crippen molar-refractivity contribution in [1.29, 1.82) is 0 Å². The Bertz CT molecular complexity index is 1300. The molecule has 2 aromatic carbocycles. The predicted octanol–water partition coefficient (Wildman–Crippen LogP) is 3.75. The number of hydrogen-bond donors (Lipinski definition) is 3. The normalized spacial score (nSPS) is 14.2. The van der Waals surface area contributed by atoms with Crippen LogP contribution in [-0.4, -0.2) is 68.6 Å². The fraction of sp³-hybridized carbons (Fsp3) is 0.419. The molecule has 0 aliphatic carbocycles. The van der Waals surface area contributed by atoms with Crippen LogP contribution < -0.4 is 20.1 Å². The number of allylic oxidation sites excluding steroid dienone is 2. The van der Waals surface area contributed by atoms with Gasteiger partial charge in [0.15, 0.2) is 0 Å². The number of carbonyl (C=O) groups excluding carboxylic acids is 2. The second-order valence-corrected chi connectivity index (χ2v) is 9.99. The van der Waals surface area contributed by atoms with Gasteiger partial charge in [-0.3, -0.25) is 10.1 Å². The molecule has 2 aromatic rings. The second kappa shape index (κ2) is 16.3. The number of methoxy groups -OCH3 is 2. The number of carbonyl (C=O) groups is 2. The highest BCUT2D eigenvalue weighted by Gasteiger charge is 2.39. The Balaban J connectivity index is 1.63. The van der Waals surface area contributed by atoms with E-state index in [0.717, 1.165) is 12.8 Å². The van der Waals surface area contributed by atoms with E-state index in [1.165, 1.54) is 32.4 Å². The largest absolute Gasteiger partial charge is 0.493 e. The number of para-hydroxylation sites is 1. The van der Waals surface area contributed by atoms with Crippen molar-refractivity contribution in [3.63, 3.8) is 0 Å². The van der Waals surface area contributed by atoms with Crippen LogP contribution in [0.1, 0.15) is 44.6 Å². The lowest BCUT2D eigenvalue weighted by Crippen LogP contribution is -2.32. The van der Waals surface area contributed by atoms with Crippen LogP contribution in [0.15, 0.2) is 71.1 Å². The van der Waals surface area contributed by atoms with Gasteiger partial charge in [-0.05, 0) is 57.9 Å². The van der Waals surface area contributed by atoms with Crippen LogP contribution in [-0.2, 0) is 19.1 Å². The zero-order chi connectivity index (χ0) is 31.4. The first-order valence-corrected chi connectivity index (χ1v) is 14.0. The van der Waals surface area contributed by atoms with E-state index >= 15 is 0 Å². The minimum atomic E-state index is -1.02. The van der Waals surface area contributed by atoms with Gasteiger partial charge in [-0.25, -0.2) is 9.59 Å². The molecule has 1 heterocycles. The summed E-state index contributed by atoms with van der Waals surface area (Å²) in [5.74, 6) is -1.38. The van der Waals surface area contributed by atoms with E-state index in [1.807, 2.05) is 30.3 Å². The highest BCUT2D eigenvalue weighted by Crippen LogP contribution is 2.44. The Morgan fingerprint density at radius 2 is 1.63 bits per heavy atom. The topological polar surface area (TPSA) is 158 Å². The molecule has 232 valence electrons. The van der Waals surface area contributed by atoms with E-state index in [9.17, 15) is 24.8 Å². The maximum atomic E-state index is 12.9. The summed E-state index contributed by atoms with van der Waals surface area (Å²) in [6.45, 7) is 4.92. The number of esters is 2. The standard InChI is InChI=1S/C31H39N3O9/c1-20-27(30(36)40-3)29(28(21(2)33-20)31(37)41-4)25-17-22(34(38)39)13-14-26(25)42-16-10-6-9-15-32-18-23(35)19-43-24-11-7-5-8-12-24/h5,7-8,11-14,17,23,29,32-33,35H,6,9-10,15-16,18-19H2,1-4H3. The van der Waals surface area contributed by atoms with E-state index in [2.05, 4.69) is 10.6 Å². The molecule has 0 bridgehead atoms. The highest BCUT2D eigenvalue weighted by atomic mass is 16.6. The number of ether oxygens (including phenoxy) is 4. The number of aliphatic hydroxyl groups is 1. The summed E-state index contributed by atoms with van der Waals surface area (Å²) in [6, 6.07) is 13.4. The van der Waals surface area contributed by atoms with Gasteiger partial charge in [0.1, 0.15) is 24.2 Å². The van der Waals surface area contributed by atoms with E-state index < -0.39 is 28.9 Å². The SMILES string of the molecule is COC(=O)C1=C(C)NC(C)=C(C(=O)OC)C1c1cc([N+](=O)[O-])ccc1OCCCCCNCC(O)COc1ccccc1. The maximum Gasteiger partial charge on any atom is 0.336 e. The van der Waals surface area contributed by atoms with Gasteiger partial charge in [-0.2, -0.15) is 0 Å². The molecule has 0 amide bonds. The molecule has 0 aromatic heterocycles. The summed E-state index contributed by atoms with van der Waals surface area (Å²) < 4.78 is 21.6. The van der Waals surface area contributed by atoms with Gasteiger partial charge in [0.2, 0.25) is 0 Å². The average molecular weight is 598 g/mol. The molecule has 12 heteroatoms. The smallest absolute Gasteiger partial charge is 0.336 e. The summed E-state index contributed by atoms with van der Waals surface area (Å²) in [6.07, 6.45) is 1.69. The van der Waals surface area contributed by atoms with E-state index in [1.54, 1.807) is 13.8 Å². The van der Waals surface area contributed by atoms with Crippen LogP contribution >= 0.6 is 0 Å². The van der Waals surface area contributed by atoms with Crippen LogP contribution in [0.25, 0.3) is 0 Å². The molecule has 3 N–H and O–H groups in total. The van der Waals surface area contributed by atoms with Crippen LogP contribution in [0.4, 0.5) is 5.69 Å².